The number of amides is 4. The fraction of sp³-hybridized carbons (Fsp3) is 0.538. The molecule has 0 fully saturated rings. The summed E-state index contributed by atoms with van der Waals surface area (Å²) in [5, 5.41) is 5.41. The van der Waals surface area contributed by atoms with Crippen molar-refractivity contribution in [2.75, 3.05) is 60.3 Å². The van der Waals surface area contributed by atoms with Crippen molar-refractivity contribution in [2.24, 2.45) is 0 Å². The summed E-state index contributed by atoms with van der Waals surface area (Å²) >= 11 is 3.51. The van der Waals surface area contributed by atoms with E-state index in [1.807, 2.05) is 24.3 Å². The number of nitrogens with one attached hydrogen (secondary N) is 2. The molecule has 13 heteroatoms. The standard InChI is InChI=1S/C26H36BrN3O9/c1-35-17-19(36-2)18-39-26(34)29-13-6-16-38-25(20-7-3-4-8-21(20)27)37-15-5-12-28-22(31)11-14-30-23(32)9-10-24(30)33/h3-4,7-10,19,25H,5-6,11-18H2,1-2H3,(H,28,31)(H,29,34). The first kappa shape index (κ1) is 32.4. The zero-order valence-electron chi connectivity index (χ0n) is 22.2. The fourth-order valence-corrected chi connectivity index (χ4v) is 3.85. The van der Waals surface area contributed by atoms with Gasteiger partial charge in [-0.2, -0.15) is 0 Å². The van der Waals surface area contributed by atoms with E-state index < -0.39 is 24.2 Å². The third-order valence-corrected chi connectivity index (χ3v) is 6.20. The number of methoxy groups -OCH3 is 2. The number of alkyl carbamates (subject to hydrolysis) is 1. The van der Waals surface area contributed by atoms with Gasteiger partial charge in [-0.25, -0.2) is 4.79 Å². The minimum absolute atomic E-state index is 0.0322. The Kier molecular flexibility index (Phi) is 15.3. The molecule has 2 unspecified atom stereocenters. The third-order valence-electron chi connectivity index (χ3n) is 5.48. The molecule has 1 aromatic carbocycles. The molecule has 0 saturated carbocycles. The molecule has 2 atom stereocenters. The zero-order chi connectivity index (χ0) is 28.5. The number of imide groups is 1. The van der Waals surface area contributed by atoms with E-state index in [1.165, 1.54) is 19.3 Å². The van der Waals surface area contributed by atoms with Gasteiger partial charge >= 0.3 is 6.09 Å². The monoisotopic (exact) mass is 613 g/mol. The molecule has 216 valence electrons. The Morgan fingerprint density at radius 3 is 2.21 bits per heavy atom. The van der Waals surface area contributed by atoms with Crippen LogP contribution < -0.4 is 10.6 Å². The van der Waals surface area contributed by atoms with Crippen LogP contribution in [0.15, 0.2) is 40.9 Å². The molecule has 0 aromatic heterocycles. The Morgan fingerprint density at radius 1 is 0.949 bits per heavy atom. The van der Waals surface area contributed by atoms with Crippen LogP contribution in [-0.2, 0) is 38.1 Å². The molecule has 0 saturated heterocycles. The lowest BCUT2D eigenvalue weighted by molar-refractivity contribution is -0.148. The molecule has 2 N–H and O–H groups in total. The van der Waals surface area contributed by atoms with Crippen LogP contribution in [0.5, 0.6) is 0 Å². The van der Waals surface area contributed by atoms with Gasteiger partial charge in [0.15, 0.2) is 6.29 Å². The predicted molar refractivity (Wildman–Crippen MR) is 144 cm³/mol. The number of carbonyl (C=O) groups is 4. The van der Waals surface area contributed by atoms with E-state index in [-0.39, 0.29) is 31.6 Å². The smallest absolute Gasteiger partial charge is 0.407 e. The second-order valence-electron chi connectivity index (χ2n) is 8.40. The normalized spacial score (nSPS) is 14.4. The Balaban J connectivity index is 1.67. The Hall–Kier alpha value is -2.84. The topological polar surface area (TPSA) is 142 Å². The van der Waals surface area contributed by atoms with Gasteiger partial charge < -0.3 is 34.3 Å². The fourth-order valence-electron chi connectivity index (χ4n) is 3.38. The van der Waals surface area contributed by atoms with Crippen molar-refractivity contribution in [1.29, 1.82) is 0 Å². The highest BCUT2D eigenvalue weighted by Crippen LogP contribution is 2.27. The molecular weight excluding hydrogens is 578 g/mol. The maximum absolute atomic E-state index is 12.0. The molecule has 2 rings (SSSR count). The predicted octanol–water partition coefficient (Wildman–Crippen LogP) is 2.08. The Morgan fingerprint density at radius 2 is 1.59 bits per heavy atom. The molecule has 1 heterocycles. The van der Waals surface area contributed by atoms with Crippen LogP contribution >= 0.6 is 15.9 Å². The summed E-state index contributed by atoms with van der Waals surface area (Å²) in [6.07, 6.45) is 1.93. The summed E-state index contributed by atoms with van der Waals surface area (Å²) in [7, 11) is 3.06. The molecule has 1 aliphatic heterocycles. The van der Waals surface area contributed by atoms with Crippen LogP contribution in [0.1, 0.15) is 31.1 Å². The van der Waals surface area contributed by atoms with Crippen molar-refractivity contribution >= 4 is 39.7 Å². The zero-order valence-corrected chi connectivity index (χ0v) is 23.8. The first-order valence-corrected chi connectivity index (χ1v) is 13.3. The van der Waals surface area contributed by atoms with Gasteiger partial charge in [0, 0.05) is 62.5 Å². The quantitative estimate of drug-likeness (QED) is 0.136. The van der Waals surface area contributed by atoms with Crippen molar-refractivity contribution in [3.05, 3.63) is 46.5 Å². The molecule has 0 aliphatic carbocycles. The van der Waals surface area contributed by atoms with Crippen LogP contribution in [0.3, 0.4) is 0 Å². The molecule has 0 bridgehead atoms. The Bertz CT molecular complexity index is 958. The van der Waals surface area contributed by atoms with Crippen LogP contribution in [0.2, 0.25) is 0 Å². The van der Waals surface area contributed by atoms with Crippen LogP contribution in [0, 0.1) is 0 Å². The number of carbonyl (C=O) groups excluding carboxylic acids is 4. The molecule has 4 amide bonds. The SMILES string of the molecule is COCC(COC(=O)NCCCOC(OCCCNC(=O)CCN1C(=O)C=CC1=O)c1ccccc1Br)OC. The Labute approximate surface area is 236 Å². The number of rotatable bonds is 19. The summed E-state index contributed by atoms with van der Waals surface area (Å²) in [5.41, 5.74) is 0.811. The van der Waals surface area contributed by atoms with Crippen molar-refractivity contribution in [3.8, 4) is 0 Å². The highest BCUT2D eigenvalue weighted by atomic mass is 79.9. The van der Waals surface area contributed by atoms with Gasteiger partial charge in [-0.3, -0.25) is 19.3 Å². The molecule has 0 radical (unpaired) electrons. The number of nitrogens with zero attached hydrogens (tertiary/aromatic N) is 1. The number of hydrogen-bond acceptors (Lipinski definition) is 9. The number of halogens is 1. The van der Waals surface area contributed by atoms with E-state index in [9.17, 15) is 19.2 Å². The molecule has 1 aromatic rings. The lowest BCUT2D eigenvalue weighted by atomic mass is 10.2. The van der Waals surface area contributed by atoms with E-state index in [0.29, 0.717) is 45.8 Å². The third kappa shape index (κ3) is 12.3. The lowest BCUT2D eigenvalue weighted by Crippen LogP contribution is -2.35. The summed E-state index contributed by atoms with van der Waals surface area (Å²) < 4.78 is 27.9. The van der Waals surface area contributed by atoms with Crippen LogP contribution in [-0.4, -0.2) is 95.1 Å². The minimum Gasteiger partial charge on any atom is -0.447 e. The summed E-state index contributed by atoms with van der Waals surface area (Å²) in [6.45, 7) is 1.78. The molecule has 12 nitrogen and oxygen atoms in total. The second kappa shape index (κ2) is 18.4. The van der Waals surface area contributed by atoms with E-state index in [4.69, 9.17) is 23.7 Å². The molecule has 0 spiro atoms. The van der Waals surface area contributed by atoms with Crippen molar-refractivity contribution in [3.63, 3.8) is 0 Å². The highest BCUT2D eigenvalue weighted by molar-refractivity contribution is 9.10. The van der Waals surface area contributed by atoms with Crippen molar-refractivity contribution < 1.29 is 42.9 Å². The van der Waals surface area contributed by atoms with Gasteiger partial charge in [0.05, 0.1) is 19.8 Å². The van der Waals surface area contributed by atoms with Gasteiger partial charge in [-0.15, -0.1) is 0 Å². The van der Waals surface area contributed by atoms with Crippen molar-refractivity contribution in [1.82, 2.24) is 15.5 Å². The van der Waals surface area contributed by atoms with Gasteiger partial charge in [0.2, 0.25) is 5.91 Å². The van der Waals surface area contributed by atoms with E-state index >= 15 is 0 Å². The van der Waals surface area contributed by atoms with Crippen molar-refractivity contribution in [2.45, 2.75) is 31.7 Å². The minimum atomic E-state index is -0.653. The number of benzene rings is 1. The van der Waals surface area contributed by atoms with Crippen LogP contribution in [0.4, 0.5) is 4.79 Å². The van der Waals surface area contributed by atoms with Crippen LogP contribution in [0.25, 0.3) is 0 Å². The summed E-state index contributed by atoms with van der Waals surface area (Å²) in [4.78, 5) is 48.0. The summed E-state index contributed by atoms with van der Waals surface area (Å²) in [6, 6.07) is 7.53. The molecular formula is C26H36BrN3O9. The van der Waals surface area contributed by atoms with E-state index in [1.54, 1.807) is 7.11 Å². The van der Waals surface area contributed by atoms with E-state index in [2.05, 4.69) is 26.6 Å². The first-order chi connectivity index (χ1) is 18.8. The van der Waals surface area contributed by atoms with E-state index in [0.717, 1.165) is 14.9 Å². The van der Waals surface area contributed by atoms with Gasteiger partial charge in [0.1, 0.15) is 12.7 Å². The maximum Gasteiger partial charge on any atom is 0.407 e. The van der Waals surface area contributed by atoms with Gasteiger partial charge in [0.25, 0.3) is 11.8 Å². The largest absolute Gasteiger partial charge is 0.447 e. The molecule has 1 aliphatic rings. The average molecular weight is 614 g/mol. The lowest BCUT2D eigenvalue weighted by Gasteiger charge is -2.20. The maximum atomic E-state index is 12.0. The van der Waals surface area contributed by atoms with Gasteiger partial charge in [-0.05, 0) is 18.9 Å². The summed E-state index contributed by atoms with van der Waals surface area (Å²) in [5.74, 6) is -1.08. The highest BCUT2D eigenvalue weighted by Gasteiger charge is 2.23. The van der Waals surface area contributed by atoms with Gasteiger partial charge in [-0.1, -0.05) is 34.1 Å². The second-order valence-corrected chi connectivity index (χ2v) is 9.26. The first-order valence-electron chi connectivity index (χ1n) is 12.6. The average Bonchev–Trinajstić information content (AvgIpc) is 3.25. The molecule has 39 heavy (non-hydrogen) atoms. The number of ether oxygens (including phenoxy) is 5. The number of hydrogen-bond donors (Lipinski definition) is 2.